The van der Waals surface area contributed by atoms with Crippen molar-refractivity contribution in [1.29, 1.82) is 0 Å². The first kappa shape index (κ1) is 15.3. The highest BCUT2D eigenvalue weighted by Crippen LogP contribution is 2.31. The number of rotatable bonds is 4. The van der Waals surface area contributed by atoms with E-state index in [0.717, 1.165) is 25.1 Å². The van der Waals surface area contributed by atoms with Gasteiger partial charge in [0.1, 0.15) is 0 Å². The van der Waals surface area contributed by atoms with E-state index in [2.05, 4.69) is 0 Å². The van der Waals surface area contributed by atoms with Crippen LogP contribution in [0.15, 0.2) is 24.3 Å². The first-order valence-corrected chi connectivity index (χ1v) is 6.50. The molecule has 6 heteroatoms. The quantitative estimate of drug-likeness (QED) is 0.924. The Morgan fingerprint density at radius 2 is 2.20 bits per heavy atom. The minimum atomic E-state index is -4.38. The summed E-state index contributed by atoms with van der Waals surface area (Å²) in [5.74, 6) is 0. The number of alkyl halides is 3. The number of ether oxygens (including phenoxy) is 1. The van der Waals surface area contributed by atoms with Gasteiger partial charge in [0.2, 0.25) is 0 Å². The fourth-order valence-electron chi connectivity index (χ4n) is 2.43. The summed E-state index contributed by atoms with van der Waals surface area (Å²) in [4.78, 5) is 2.00. The van der Waals surface area contributed by atoms with E-state index in [-0.39, 0.29) is 6.10 Å². The van der Waals surface area contributed by atoms with Gasteiger partial charge in [0.05, 0.1) is 17.8 Å². The molecule has 1 aromatic carbocycles. The van der Waals surface area contributed by atoms with E-state index < -0.39 is 17.8 Å². The average molecular weight is 289 g/mol. The van der Waals surface area contributed by atoms with Gasteiger partial charge in [0.15, 0.2) is 0 Å². The van der Waals surface area contributed by atoms with Gasteiger partial charge in [-0.3, -0.25) is 4.90 Å². The molecule has 1 N–H and O–H groups in total. The maximum atomic E-state index is 12.6. The summed E-state index contributed by atoms with van der Waals surface area (Å²) in [6.45, 7) is 1.81. The maximum Gasteiger partial charge on any atom is 0.416 e. The highest BCUT2D eigenvalue weighted by atomic mass is 19.4. The molecule has 3 nitrogen and oxygen atoms in total. The minimum Gasteiger partial charge on any atom is -0.387 e. The number of nitrogens with zero attached hydrogens (tertiary/aromatic N) is 1. The van der Waals surface area contributed by atoms with Crippen molar-refractivity contribution in [3.63, 3.8) is 0 Å². The van der Waals surface area contributed by atoms with Gasteiger partial charge >= 0.3 is 6.18 Å². The smallest absolute Gasteiger partial charge is 0.387 e. The third-order valence-corrected chi connectivity index (χ3v) is 3.59. The molecule has 20 heavy (non-hydrogen) atoms. The summed E-state index contributed by atoms with van der Waals surface area (Å²) in [6, 6.07) is 4.86. The zero-order chi connectivity index (χ0) is 14.8. The molecule has 0 spiro atoms. The van der Waals surface area contributed by atoms with Crippen LogP contribution in [0.1, 0.15) is 23.7 Å². The third kappa shape index (κ3) is 3.71. The van der Waals surface area contributed by atoms with E-state index in [1.165, 1.54) is 12.1 Å². The van der Waals surface area contributed by atoms with Crippen LogP contribution in [0.5, 0.6) is 0 Å². The highest BCUT2D eigenvalue weighted by molar-refractivity contribution is 5.27. The Morgan fingerprint density at radius 1 is 1.45 bits per heavy atom. The second-order valence-electron chi connectivity index (χ2n) is 5.04. The van der Waals surface area contributed by atoms with Crippen LogP contribution in [-0.2, 0) is 10.9 Å². The van der Waals surface area contributed by atoms with Gasteiger partial charge in [-0.25, -0.2) is 0 Å². The van der Waals surface area contributed by atoms with Crippen LogP contribution in [0.25, 0.3) is 0 Å². The lowest BCUT2D eigenvalue weighted by atomic mass is 10.1. The normalized spacial score (nSPS) is 22.1. The Bertz CT molecular complexity index is 450. The lowest BCUT2D eigenvalue weighted by Gasteiger charge is -2.20. The number of likely N-dealkylation sites (tertiary alicyclic amines) is 1. The predicted molar refractivity (Wildman–Crippen MR) is 68.3 cm³/mol. The molecular weight excluding hydrogens is 271 g/mol. The molecule has 1 saturated heterocycles. The van der Waals surface area contributed by atoms with E-state index >= 15 is 0 Å². The summed E-state index contributed by atoms with van der Waals surface area (Å²) < 4.78 is 43.1. The zero-order valence-corrected chi connectivity index (χ0v) is 11.2. The van der Waals surface area contributed by atoms with Gasteiger partial charge in [-0.15, -0.1) is 0 Å². The number of β-amino-alcohol motifs (C(OH)–C–C–N with tert-alkyl or cyclic N) is 1. The molecule has 1 fully saturated rings. The molecule has 0 saturated carbocycles. The summed E-state index contributed by atoms with van der Waals surface area (Å²) in [5.41, 5.74) is -0.439. The van der Waals surface area contributed by atoms with Gasteiger partial charge in [0, 0.05) is 26.7 Å². The molecule has 0 amide bonds. The second-order valence-corrected chi connectivity index (χ2v) is 5.04. The second kappa shape index (κ2) is 6.11. The van der Waals surface area contributed by atoms with Crippen molar-refractivity contribution >= 4 is 0 Å². The molecular formula is C14H18F3NO2. The Labute approximate surface area is 116 Å². The van der Waals surface area contributed by atoms with Gasteiger partial charge in [-0.05, 0) is 24.1 Å². The molecule has 1 aromatic rings. The molecule has 0 aromatic heterocycles. The molecule has 2 unspecified atom stereocenters. The molecule has 2 atom stereocenters. The van der Waals surface area contributed by atoms with Crippen molar-refractivity contribution in [2.45, 2.75) is 24.8 Å². The SMILES string of the molecule is COC1CCN(CC(O)c2cccc(C(F)(F)F)c2)C1. The third-order valence-electron chi connectivity index (χ3n) is 3.59. The van der Waals surface area contributed by atoms with Crippen LogP contribution < -0.4 is 0 Å². The molecule has 0 bridgehead atoms. The van der Waals surface area contributed by atoms with E-state index in [0.29, 0.717) is 18.7 Å². The number of hydrogen-bond donors (Lipinski definition) is 1. The van der Waals surface area contributed by atoms with Crippen LogP contribution in [0.2, 0.25) is 0 Å². The molecule has 1 aliphatic rings. The Kier molecular flexibility index (Phi) is 4.67. The van der Waals surface area contributed by atoms with Crippen LogP contribution in [0, 0.1) is 0 Å². The highest BCUT2D eigenvalue weighted by Gasteiger charge is 2.31. The first-order valence-electron chi connectivity index (χ1n) is 6.50. The number of hydrogen-bond acceptors (Lipinski definition) is 3. The topological polar surface area (TPSA) is 32.7 Å². The Hall–Kier alpha value is -1.11. The fraction of sp³-hybridized carbons (Fsp3) is 0.571. The predicted octanol–water partition coefficient (Wildman–Crippen LogP) is 2.46. The lowest BCUT2D eigenvalue weighted by Crippen LogP contribution is -2.28. The number of methoxy groups -OCH3 is 1. The van der Waals surface area contributed by atoms with Crippen LogP contribution in [0.3, 0.4) is 0 Å². The van der Waals surface area contributed by atoms with Crippen molar-refractivity contribution in [3.05, 3.63) is 35.4 Å². The monoisotopic (exact) mass is 289 g/mol. The lowest BCUT2D eigenvalue weighted by molar-refractivity contribution is -0.137. The van der Waals surface area contributed by atoms with Gasteiger partial charge in [0.25, 0.3) is 0 Å². The molecule has 1 heterocycles. The summed E-state index contributed by atoms with van der Waals surface area (Å²) >= 11 is 0. The zero-order valence-electron chi connectivity index (χ0n) is 11.2. The number of halogens is 3. The first-order chi connectivity index (χ1) is 9.40. The van der Waals surface area contributed by atoms with E-state index in [4.69, 9.17) is 4.74 Å². The molecule has 112 valence electrons. The number of aliphatic hydroxyl groups excluding tert-OH is 1. The average Bonchev–Trinajstić information content (AvgIpc) is 2.85. The van der Waals surface area contributed by atoms with Gasteiger partial charge in [-0.1, -0.05) is 12.1 Å². The standard InChI is InChI=1S/C14H18F3NO2/c1-20-12-5-6-18(8-12)9-13(19)10-3-2-4-11(7-10)14(15,16)17/h2-4,7,12-13,19H,5-6,8-9H2,1H3. The van der Waals surface area contributed by atoms with Crippen LogP contribution >= 0.6 is 0 Å². The Balaban J connectivity index is 2.01. The van der Waals surface area contributed by atoms with Crippen LogP contribution in [-0.4, -0.2) is 42.9 Å². The van der Waals surface area contributed by atoms with E-state index in [1.54, 1.807) is 7.11 Å². The van der Waals surface area contributed by atoms with Crippen molar-refractivity contribution in [3.8, 4) is 0 Å². The molecule has 1 aliphatic heterocycles. The van der Waals surface area contributed by atoms with Gasteiger partial charge in [-0.2, -0.15) is 13.2 Å². The Morgan fingerprint density at radius 3 is 2.80 bits per heavy atom. The summed E-state index contributed by atoms with van der Waals surface area (Å²) in [6.07, 6.45) is -4.28. The van der Waals surface area contributed by atoms with Crippen molar-refractivity contribution < 1.29 is 23.0 Å². The summed E-state index contributed by atoms with van der Waals surface area (Å²) in [7, 11) is 1.64. The largest absolute Gasteiger partial charge is 0.416 e. The van der Waals surface area contributed by atoms with Crippen molar-refractivity contribution in [2.75, 3.05) is 26.7 Å². The molecule has 0 radical (unpaired) electrons. The summed E-state index contributed by atoms with van der Waals surface area (Å²) in [5, 5.41) is 10.1. The molecule has 0 aliphatic carbocycles. The minimum absolute atomic E-state index is 0.142. The van der Waals surface area contributed by atoms with Crippen molar-refractivity contribution in [1.82, 2.24) is 4.90 Å². The van der Waals surface area contributed by atoms with Gasteiger partial charge < -0.3 is 9.84 Å². The van der Waals surface area contributed by atoms with Crippen molar-refractivity contribution in [2.24, 2.45) is 0 Å². The molecule has 2 rings (SSSR count). The van der Waals surface area contributed by atoms with E-state index in [9.17, 15) is 18.3 Å². The van der Waals surface area contributed by atoms with Crippen LogP contribution in [0.4, 0.5) is 13.2 Å². The number of benzene rings is 1. The number of aliphatic hydroxyl groups is 1. The maximum absolute atomic E-state index is 12.6. The van der Waals surface area contributed by atoms with E-state index in [1.807, 2.05) is 4.90 Å². The fourth-order valence-corrected chi connectivity index (χ4v) is 2.43.